The summed E-state index contributed by atoms with van der Waals surface area (Å²) in [7, 11) is 0. The number of hydrogen-bond acceptors (Lipinski definition) is 2. The van der Waals surface area contributed by atoms with E-state index in [1.807, 2.05) is 45.9 Å². The van der Waals surface area contributed by atoms with Crippen molar-refractivity contribution in [2.24, 2.45) is 5.73 Å². The summed E-state index contributed by atoms with van der Waals surface area (Å²) in [6.45, 7) is 7.92. The lowest BCUT2D eigenvalue weighted by Crippen LogP contribution is -2.41. The van der Waals surface area contributed by atoms with Crippen LogP contribution in [0.4, 0.5) is 4.39 Å². The minimum absolute atomic E-state index is 0.652. The van der Waals surface area contributed by atoms with Crippen molar-refractivity contribution in [3.05, 3.63) is 35.1 Å². The molecule has 0 spiro atoms. The van der Waals surface area contributed by atoms with E-state index in [2.05, 4.69) is 0 Å². The first kappa shape index (κ1) is 14.1. The van der Waals surface area contributed by atoms with Crippen LogP contribution in [-0.2, 0) is 5.41 Å². The van der Waals surface area contributed by atoms with Crippen LogP contribution in [-0.4, -0.2) is 6.30 Å². The summed E-state index contributed by atoms with van der Waals surface area (Å²) >= 11 is 0. The molecule has 0 aliphatic heterocycles. The van der Waals surface area contributed by atoms with Gasteiger partial charge in [-0.25, -0.2) is 4.39 Å². The number of rotatable bonds is 4. The minimum atomic E-state index is -1.39. The molecule has 2 nitrogen and oxygen atoms in total. The standard InChI is InChI=1S/C16H22FNO/c1-5-16(6-2,15(17)18)13-9-7-8-12-10(3)11(4)19-14(12)13/h7-9,15H,5-6,18H2,1-4H3. The second-order valence-corrected chi connectivity index (χ2v) is 5.23. The molecular weight excluding hydrogens is 241 g/mol. The summed E-state index contributed by atoms with van der Waals surface area (Å²) in [5.41, 5.74) is 7.77. The number of alkyl halides is 1. The van der Waals surface area contributed by atoms with Gasteiger partial charge in [-0.05, 0) is 32.3 Å². The van der Waals surface area contributed by atoms with Gasteiger partial charge >= 0.3 is 0 Å². The summed E-state index contributed by atoms with van der Waals surface area (Å²) in [4.78, 5) is 0. The number of para-hydroxylation sites is 1. The van der Waals surface area contributed by atoms with Gasteiger partial charge in [-0.15, -0.1) is 0 Å². The van der Waals surface area contributed by atoms with Crippen molar-refractivity contribution in [1.82, 2.24) is 0 Å². The molecule has 0 bridgehead atoms. The molecule has 0 saturated heterocycles. The third-order valence-corrected chi connectivity index (χ3v) is 4.53. The zero-order chi connectivity index (χ0) is 14.2. The average molecular weight is 263 g/mol. The van der Waals surface area contributed by atoms with Crippen molar-refractivity contribution in [2.75, 3.05) is 0 Å². The molecule has 0 radical (unpaired) electrons. The zero-order valence-corrected chi connectivity index (χ0v) is 12.1. The molecule has 2 N–H and O–H groups in total. The third-order valence-electron chi connectivity index (χ3n) is 4.53. The van der Waals surface area contributed by atoms with Crippen molar-refractivity contribution in [3.63, 3.8) is 0 Å². The van der Waals surface area contributed by atoms with Crippen LogP contribution in [0.25, 0.3) is 11.0 Å². The topological polar surface area (TPSA) is 39.2 Å². The molecule has 1 aromatic carbocycles. The van der Waals surface area contributed by atoms with Crippen molar-refractivity contribution >= 4 is 11.0 Å². The van der Waals surface area contributed by atoms with Gasteiger partial charge < -0.3 is 10.2 Å². The quantitative estimate of drug-likeness (QED) is 0.832. The summed E-state index contributed by atoms with van der Waals surface area (Å²) in [6, 6.07) is 5.92. The second kappa shape index (κ2) is 4.97. The molecule has 0 saturated carbocycles. The molecule has 0 aliphatic rings. The van der Waals surface area contributed by atoms with Gasteiger partial charge in [0.1, 0.15) is 11.3 Å². The molecule has 1 atom stereocenters. The number of halogens is 1. The molecular formula is C16H22FNO. The van der Waals surface area contributed by atoms with E-state index in [0.29, 0.717) is 12.8 Å². The van der Waals surface area contributed by atoms with E-state index in [1.165, 1.54) is 0 Å². The van der Waals surface area contributed by atoms with E-state index in [-0.39, 0.29) is 0 Å². The Morgan fingerprint density at radius 3 is 2.42 bits per heavy atom. The van der Waals surface area contributed by atoms with E-state index in [1.54, 1.807) is 0 Å². The first-order chi connectivity index (χ1) is 8.97. The van der Waals surface area contributed by atoms with Crippen LogP contribution in [0.5, 0.6) is 0 Å². The first-order valence-electron chi connectivity index (χ1n) is 6.86. The van der Waals surface area contributed by atoms with Gasteiger partial charge in [0.15, 0.2) is 6.30 Å². The number of benzene rings is 1. The lowest BCUT2D eigenvalue weighted by atomic mass is 9.74. The largest absolute Gasteiger partial charge is 0.461 e. The molecule has 0 amide bonds. The predicted molar refractivity (Wildman–Crippen MR) is 77.0 cm³/mol. The molecule has 3 heteroatoms. The van der Waals surface area contributed by atoms with Crippen LogP contribution in [0, 0.1) is 13.8 Å². The highest BCUT2D eigenvalue weighted by Crippen LogP contribution is 2.40. The van der Waals surface area contributed by atoms with Crippen LogP contribution in [0.3, 0.4) is 0 Å². The summed E-state index contributed by atoms with van der Waals surface area (Å²) < 4.78 is 19.9. The lowest BCUT2D eigenvalue weighted by molar-refractivity contribution is 0.178. The molecule has 2 aromatic rings. The first-order valence-corrected chi connectivity index (χ1v) is 6.86. The Labute approximate surface area is 113 Å². The molecule has 0 fully saturated rings. The number of hydrogen-bond donors (Lipinski definition) is 1. The van der Waals surface area contributed by atoms with Crippen molar-refractivity contribution in [2.45, 2.75) is 52.2 Å². The summed E-state index contributed by atoms with van der Waals surface area (Å²) in [5, 5.41) is 1.06. The molecule has 0 aliphatic carbocycles. The number of aryl methyl sites for hydroxylation is 2. The maximum atomic E-state index is 14.1. The Morgan fingerprint density at radius 1 is 1.26 bits per heavy atom. The van der Waals surface area contributed by atoms with Gasteiger partial charge in [0.05, 0.1) is 0 Å². The molecule has 1 aromatic heterocycles. The predicted octanol–water partition coefficient (Wildman–Crippen LogP) is 4.36. The Bertz CT molecular complexity index is 582. The normalized spacial score (nSPS) is 14.0. The van der Waals surface area contributed by atoms with Crippen LogP contribution >= 0.6 is 0 Å². The van der Waals surface area contributed by atoms with Gasteiger partial charge in [-0.3, -0.25) is 0 Å². The van der Waals surface area contributed by atoms with Crippen LogP contribution in [0.2, 0.25) is 0 Å². The SMILES string of the molecule is CCC(CC)(c1cccc2c(C)c(C)oc12)C(N)F. The van der Waals surface area contributed by atoms with Crippen LogP contribution in [0.15, 0.2) is 22.6 Å². The van der Waals surface area contributed by atoms with E-state index < -0.39 is 11.7 Å². The molecule has 104 valence electrons. The van der Waals surface area contributed by atoms with Crippen molar-refractivity contribution in [3.8, 4) is 0 Å². The van der Waals surface area contributed by atoms with E-state index >= 15 is 0 Å². The fraction of sp³-hybridized carbons (Fsp3) is 0.500. The Hall–Kier alpha value is -1.35. The maximum Gasteiger partial charge on any atom is 0.158 e. The zero-order valence-electron chi connectivity index (χ0n) is 12.1. The van der Waals surface area contributed by atoms with E-state index in [9.17, 15) is 4.39 Å². The Morgan fingerprint density at radius 2 is 1.89 bits per heavy atom. The highest BCUT2D eigenvalue weighted by molar-refractivity contribution is 5.85. The summed E-state index contributed by atoms with van der Waals surface area (Å²) in [5.74, 6) is 0.885. The molecule has 2 rings (SSSR count). The van der Waals surface area contributed by atoms with Gasteiger partial charge in [-0.2, -0.15) is 0 Å². The monoisotopic (exact) mass is 263 g/mol. The molecule has 1 heterocycles. The van der Waals surface area contributed by atoms with Gasteiger partial charge in [0, 0.05) is 16.4 Å². The van der Waals surface area contributed by atoms with E-state index in [0.717, 1.165) is 27.9 Å². The molecule has 19 heavy (non-hydrogen) atoms. The number of nitrogens with two attached hydrogens (primary N) is 1. The maximum absolute atomic E-state index is 14.1. The van der Waals surface area contributed by atoms with Gasteiger partial charge in [-0.1, -0.05) is 32.0 Å². The third kappa shape index (κ3) is 1.96. The number of furan rings is 1. The smallest absolute Gasteiger partial charge is 0.158 e. The Balaban J connectivity index is 2.77. The highest BCUT2D eigenvalue weighted by Gasteiger charge is 2.38. The fourth-order valence-electron chi connectivity index (χ4n) is 2.92. The number of fused-ring (bicyclic) bond motifs is 1. The van der Waals surface area contributed by atoms with Crippen molar-refractivity contribution in [1.29, 1.82) is 0 Å². The average Bonchev–Trinajstić information content (AvgIpc) is 2.68. The fourth-order valence-corrected chi connectivity index (χ4v) is 2.92. The van der Waals surface area contributed by atoms with Crippen LogP contribution in [0.1, 0.15) is 43.6 Å². The van der Waals surface area contributed by atoms with Gasteiger partial charge in [0.25, 0.3) is 0 Å². The van der Waals surface area contributed by atoms with Gasteiger partial charge in [0.2, 0.25) is 0 Å². The van der Waals surface area contributed by atoms with Crippen LogP contribution < -0.4 is 5.73 Å². The lowest BCUT2D eigenvalue weighted by Gasteiger charge is -2.33. The molecule has 1 unspecified atom stereocenters. The highest BCUT2D eigenvalue weighted by atomic mass is 19.1. The van der Waals surface area contributed by atoms with Crippen molar-refractivity contribution < 1.29 is 8.81 Å². The minimum Gasteiger partial charge on any atom is -0.461 e. The second-order valence-electron chi connectivity index (χ2n) is 5.23. The summed E-state index contributed by atoms with van der Waals surface area (Å²) in [6.07, 6.45) is -0.0863. The van der Waals surface area contributed by atoms with E-state index in [4.69, 9.17) is 10.2 Å². The Kier molecular flexibility index (Phi) is 3.68.